The molecule has 0 atom stereocenters. The van der Waals surface area contributed by atoms with Gasteiger partial charge in [0.1, 0.15) is 11.6 Å². The summed E-state index contributed by atoms with van der Waals surface area (Å²) in [5.41, 5.74) is 0.918. The van der Waals surface area contributed by atoms with Crippen molar-refractivity contribution in [3.05, 3.63) is 58.6 Å². The molecule has 1 amide bonds. The van der Waals surface area contributed by atoms with Crippen LogP contribution in [0.4, 0.5) is 4.39 Å². The molecule has 0 fully saturated rings. The van der Waals surface area contributed by atoms with E-state index >= 15 is 0 Å². The summed E-state index contributed by atoms with van der Waals surface area (Å²) in [5, 5.41) is 11.8. The maximum Gasteiger partial charge on any atom is 0.253 e. The van der Waals surface area contributed by atoms with Crippen molar-refractivity contribution in [1.82, 2.24) is 10.3 Å². The number of halogens is 2. The van der Waals surface area contributed by atoms with Crippen LogP contribution in [0.15, 0.2) is 36.7 Å². The lowest BCUT2D eigenvalue weighted by Crippen LogP contribution is -2.22. The summed E-state index contributed by atoms with van der Waals surface area (Å²) in [4.78, 5) is 15.5. The minimum absolute atomic E-state index is 0.00534. The van der Waals surface area contributed by atoms with Crippen LogP contribution in [0.25, 0.3) is 0 Å². The second-order valence-electron chi connectivity index (χ2n) is 3.86. The number of nitrogens with one attached hydrogen (secondary N) is 1. The molecule has 1 aromatic carbocycles. The van der Waals surface area contributed by atoms with Gasteiger partial charge < -0.3 is 10.4 Å². The van der Waals surface area contributed by atoms with E-state index in [0.717, 1.165) is 0 Å². The second-order valence-corrected chi connectivity index (χ2v) is 4.27. The van der Waals surface area contributed by atoms with Gasteiger partial charge in [-0.15, -0.1) is 0 Å². The molecule has 1 heterocycles. The van der Waals surface area contributed by atoms with Crippen LogP contribution in [0.1, 0.15) is 15.9 Å². The van der Waals surface area contributed by atoms with Crippen LogP contribution in [-0.4, -0.2) is 16.0 Å². The molecule has 0 spiro atoms. The SMILES string of the molecule is O=C(NCc1ccc(F)c(Cl)c1)c1cncc(O)c1. The number of carbonyl (C=O) groups is 1. The van der Waals surface area contributed by atoms with Crippen LogP contribution in [0, 0.1) is 5.82 Å². The van der Waals surface area contributed by atoms with E-state index in [1.165, 1.54) is 36.7 Å². The van der Waals surface area contributed by atoms with Crippen molar-refractivity contribution in [1.29, 1.82) is 0 Å². The topological polar surface area (TPSA) is 62.2 Å². The number of rotatable bonds is 3. The Hall–Kier alpha value is -2.14. The Labute approximate surface area is 113 Å². The molecule has 2 rings (SSSR count). The zero-order valence-corrected chi connectivity index (χ0v) is 10.5. The number of pyridine rings is 1. The van der Waals surface area contributed by atoms with E-state index in [1.54, 1.807) is 0 Å². The number of nitrogens with zero attached hydrogens (tertiary/aromatic N) is 1. The zero-order valence-electron chi connectivity index (χ0n) is 9.73. The Bertz CT molecular complexity index is 619. The molecule has 0 saturated carbocycles. The first-order valence-corrected chi connectivity index (χ1v) is 5.80. The average Bonchev–Trinajstić information content (AvgIpc) is 2.40. The molecule has 4 nitrogen and oxygen atoms in total. The lowest BCUT2D eigenvalue weighted by molar-refractivity contribution is 0.0950. The van der Waals surface area contributed by atoms with Crippen LogP contribution >= 0.6 is 11.6 Å². The summed E-state index contributed by atoms with van der Waals surface area (Å²) >= 11 is 5.64. The van der Waals surface area contributed by atoms with E-state index in [0.29, 0.717) is 5.56 Å². The Balaban J connectivity index is 2.02. The number of amides is 1. The minimum Gasteiger partial charge on any atom is -0.506 e. The number of benzene rings is 1. The molecular formula is C13H10ClFN2O2. The summed E-state index contributed by atoms with van der Waals surface area (Å²) in [6.07, 6.45) is 2.57. The van der Waals surface area contributed by atoms with Crippen LogP contribution in [-0.2, 0) is 6.54 Å². The van der Waals surface area contributed by atoms with Gasteiger partial charge in [-0.3, -0.25) is 9.78 Å². The summed E-state index contributed by atoms with van der Waals surface area (Å²) in [5.74, 6) is -0.977. The smallest absolute Gasteiger partial charge is 0.253 e. The molecule has 0 radical (unpaired) electrons. The summed E-state index contributed by atoms with van der Waals surface area (Å²) in [7, 11) is 0. The highest BCUT2D eigenvalue weighted by Crippen LogP contribution is 2.16. The van der Waals surface area contributed by atoms with Gasteiger partial charge in [0.15, 0.2) is 0 Å². The molecule has 1 aromatic heterocycles. The Kier molecular flexibility index (Phi) is 3.97. The predicted molar refractivity (Wildman–Crippen MR) is 68.5 cm³/mol. The van der Waals surface area contributed by atoms with E-state index < -0.39 is 5.82 Å². The molecule has 0 aliphatic rings. The summed E-state index contributed by atoms with van der Waals surface area (Å²) in [6.45, 7) is 0.203. The summed E-state index contributed by atoms with van der Waals surface area (Å²) < 4.78 is 13.0. The molecule has 2 aromatic rings. The molecular weight excluding hydrogens is 271 g/mol. The Morgan fingerprint density at radius 2 is 2.16 bits per heavy atom. The van der Waals surface area contributed by atoms with E-state index in [1.807, 2.05) is 0 Å². The predicted octanol–water partition coefficient (Wildman–Crippen LogP) is 2.51. The van der Waals surface area contributed by atoms with E-state index in [9.17, 15) is 14.3 Å². The quantitative estimate of drug-likeness (QED) is 0.908. The Morgan fingerprint density at radius 3 is 2.84 bits per heavy atom. The highest BCUT2D eigenvalue weighted by molar-refractivity contribution is 6.30. The van der Waals surface area contributed by atoms with Crippen LogP contribution < -0.4 is 5.32 Å². The number of carbonyl (C=O) groups excluding carboxylic acids is 1. The monoisotopic (exact) mass is 280 g/mol. The standard InChI is InChI=1S/C13H10ClFN2O2/c14-11-3-8(1-2-12(11)15)5-17-13(19)9-4-10(18)7-16-6-9/h1-4,6-7,18H,5H2,(H,17,19). The third-order valence-electron chi connectivity index (χ3n) is 2.42. The van der Waals surface area contributed by atoms with Gasteiger partial charge in [0.25, 0.3) is 5.91 Å². The van der Waals surface area contributed by atoms with E-state index in [-0.39, 0.29) is 28.8 Å². The lowest BCUT2D eigenvalue weighted by Gasteiger charge is -2.06. The molecule has 0 aliphatic carbocycles. The molecule has 0 bridgehead atoms. The first-order valence-electron chi connectivity index (χ1n) is 5.42. The minimum atomic E-state index is -0.506. The molecule has 6 heteroatoms. The average molecular weight is 281 g/mol. The molecule has 19 heavy (non-hydrogen) atoms. The van der Waals surface area contributed by atoms with Gasteiger partial charge >= 0.3 is 0 Å². The number of hydrogen-bond acceptors (Lipinski definition) is 3. The molecule has 0 saturated heterocycles. The fourth-order valence-corrected chi connectivity index (χ4v) is 1.69. The van der Waals surface area contributed by atoms with Crippen molar-refractivity contribution >= 4 is 17.5 Å². The fraction of sp³-hybridized carbons (Fsp3) is 0.0769. The van der Waals surface area contributed by atoms with Crippen LogP contribution in [0.3, 0.4) is 0 Å². The molecule has 0 unspecified atom stereocenters. The lowest BCUT2D eigenvalue weighted by atomic mass is 10.2. The van der Waals surface area contributed by atoms with Gasteiger partial charge in [-0.05, 0) is 23.8 Å². The van der Waals surface area contributed by atoms with Gasteiger partial charge in [-0.25, -0.2) is 4.39 Å². The van der Waals surface area contributed by atoms with Crippen molar-refractivity contribution in [2.75, 3.05) is 0 Å². The van der Waals surface area contributed by atoms with Crippen LogP contribution in [0.2, 0.25) is 5.02 Å². The normalized spacial score (nSPS) is 10.2. The van der Waals surface area contributed by atoms with Crippen molar-refractivity contribution < 1.29 is 14.3 Å². The van der Waals surface area contributed by atoms with Crippen molar-refractivity contribution in [3.63, 3.8) is 0 Å². The maximum atomic E-state index is 13.0. The van der Waals surface area contributed by atoms with E-state index in [4.69, 9.17) is 11.6 Å². The zero-order chi connectivity index (χ0) is 13.8. The van der Waals surface area contributed by atoms with E-state index in [2.05, 4.69) is 10.3 Å². The molecule has 2 N–H and O–H groups in total. The Morgan fingerprint density at radius 1 is 1.37 bits per heavy atom. The highest BCUT2D eigenvalue weighted by atomic mass is 35.5. The summed E-state index contributed by atoms with van der Waals surface area (Å²) in [6, 6.07) is 5.51. The van der Waals surface area contributed by atoms with Gasteiger partial charge in [-0.1, -0.05) is 17.7 Å². The number of aromatic nitrogens is 1. The molecule has 0 aliphatic heterocycles. The number of hydrogen-bond donors (Lipinski definition) is 2. The fourth-order valence-electron chi connectivity index (χ4n) is 1.49. The van der Waals surface area contributed by atoms with Gasteiger partial charge in [0.05, 0.1) is 16.8 Å². The van der Waals surface area contributed by atoms with Gasteiger partial charge in [0, 0.05) is 12.7 Å². The third-order valence-corrected chi connectivity index (χ3v) is 2.71. The second kappa shape index (κ2) is 5.67. The number of aromatic hydroxyl groups is 1. The van der Waals surface area contributed by atoms with Gasteiger partial charge in [0.2, 0.25) is 0 Å². The van der Waals surface area contributed by atoms with Crippen molar-refractivity contribution in [3.8, 4) is 5.75 Å². The van der Waals surface area contributed by atoms with Crippen LogP contribution in [0.5, 0.6) is 5.75 Å². The van der Waals surface area contributed by atoms with Crippen molar-refractivity contribution in [2.45, 2.75) is 6.54 Å². The van der Waals surface area contributed by atoms with Gasteiger partial charge in [-0.2, -0.15) is 0 Å². The third kappa shape index (κ3) is 3.42. The highest BCUT2D eigenvalue weighted by Gasteiger charge is 2.07. The first-order chi connectivity index (χ1) is 9.06. The van der Waals surface area contributed by atoms with Crippen molar-refractivity contribution in [2.24, 2.45) is 0 Å². The first kappa shape index (κ1) is 13.3. The largest absolute Gasteiger partial charge is 0.506 e. The molecule has 98 valence electrons. The maximum absolute atomic E-state index is 13.0.